The molecule has 17 heavy (non-hydrogen) atoms. The number of carbonyl (C=O) groups is 1. The molecule has 0 spiro atoms. The zero-order valence-electron chi connectivity index (χ0n) is 10.3. The maximum absolute atomic E-state index is 11.5. The van der Waals surface area contributed by atoms with Crippen LogP contribution in [0.1, 0.15) is 17.5 Å². The van der Waals surface area contributed by atoms with Crippen molar-refractivity contribution in [2.45, 2.75) is 19.3 Å². The molecule has 1 aromatic carbocycles. The predicted molar refractivity (Wildman–Crippen MR) is 65.8 cm³/mol. The summed E-state index contributed by atoms with van der Waals surface area (Å²) in [6.45, 7) is 0.778. The Morgan fingerprint density at radius 1 is 1.47 bits per heavy atom. The van der Waals surface area contributed by atoms with Crippen molar-refractivity contribution in [3.63, 3.8) is 0 Å². The van der Waals surface area contributed by atoms with Gasteiger partial charge in [0.05, 0.1) is 6.61 Å². The van der Waals surface area contributed by atoms with Crippen LogP contribution in [0.3, 0.4) is 0 Å². The van der Waals surface area contributed by atoms with Crippen LogP contribution in [0.25, 0.3) is 0 Å². The van der Waals surface area contributed by atoms with Crippen LogP contribution in [0, 0.1) is 0 Å². The first-order chi connectivity index (χ1) is 8.15. The fraction of sp³-hybridized carbons (Fsp3) is 0.462. The molecule has 1 aromatic rings. The molecule has 1 amide bonds. The molecule has 1 N–H and O–H groups in total. The van der Waals surface area contributed by atoms with E-state index >= 15 is 0 Å². The number of carbonyl (C=O) groups excluding carboxylic acids is 1. The van der Waals surface area contributed by atoms with Gasteiger partial charge in [0.2, 0.25) is 5.91 Å². The van der Waals surface area contributed by atoms with Gasteiger partial charge in [-0.1, -0.05) is 12.1 Å². The van der Waals surface area contributed by atoms with Crippen molar-refractivity contribution in [3.8, 4) is 5.75 Å². The van der Waals surface area contributed by atoms with E-state index in [1.54, 1.807) is 5.01 Å². The number of aryl methyl sites for hydroxylation is 1. The maximum atomic E-state index is 11.5. The Morgan fingerprint density at radius 3 is 3.06 bits per heavy atom. The molecule has 0 saturated carbocycles. The van der Waals surface area contributed by atoms with Gasteiger partial charge < -0.3 is 4.74 Å². The Morgan fingerprint density at radius 2 is 2.29 bits per heavy atom. The number of ether oxygens (including phenoxy) is 1. The van der Waals surface area contributed by atoms with Gasteiger partial charge in [0.15, 0.2) is 0 Å². The molecule has 1 aliphatic heterocycles. The molecule has 4 heteroatoms. The van der Waals surface area contributed by atoms with E-state index in [2.05, 4.69) is 11.5 Å². The molecule has 2 rings (SSSR count). The van der Waals surface area contributed by atoms with E-state index in [-0.39, 0.29) is 5.91 Å². The molecule has 4 nitrogen and oxygen atoms in total. The minimum Gasteiger partial charge on any atom is -0.493 e. The van der Waals surface area contributed by atoms with E-state index in [0.29, 0.717) is 6.42 Å². The summed E-state index contributed by atoms with van der Waals surface area (Å²) in [5.74, 6) is 1.04. The van der Waals surface area contributed by atoms with Gasteiger partial charge in [-0.3, -0.25) is 10.2 Å². The van der Waals surface area contributed by atoms with Gasteiger partial charge in [0.1, 0.15) is 5.75 Å². The summed E-state index contributed by atoms with van der Waals surface area (Å²) < 4.78 is 5.45. The van der Waals surface area contributed by atoms with Crippen molar-refractivity contribution >= 4 is 5.91 Å². The molecular formula is C13H18N2O2. The molecule has 92 valence electrons. The summed E-state index contributed by atoms with van der Waals surface area (Å²) >= 11 is 0. The molecule has 0 radical (unpaired) electrons. The second-order valence-corrected chi connectivity index (χ2v) is 4.47. The van der Waals surface area contributed by atoms with Crippen LogP contribution in [0.2, 0.25) is 0 Å². The Hall–Kier alpha value is -1.55. The topological polar surface area (TPSA) is 41.6 Å². The van der Waals surface area contributed by atoms with Crippen LogP contribution in [-0.2, 0) is 17.6 Å². The van der Waals surface area contributed by atoms with E-state index in [1.165, 1.54) is 11.1 Å². The first-order valence-electron chi connectivity index (χ1n) is 5.86. The van der Waals surface area contributed by atoms with Crippen LogP contribution >= 0.6 is 0 Å². The Bertz CT molecular complexity index is 416. The third kappa shape index (κ3) is 3.20. The minimum absolute atomic E-state index is 0.0479. The number of rotatable bonds is 4. The molecule has 0 saturated heterocycles. The van der Waals surface area contributed by atoms with Crippen LogP contribution < -0.4 is 10.2 Å². The molecule has 0 aliphatic carbocycles. The maximum Gasteiger partial charge on any atom is 0.234 e. The first-order valence-corrected chi connectivity index (χ1v) is 5.86. The molecule has 1 aliphatic rings. The van der Waals surface area contributed by atoms with Crippen LogP contribution in [0.15, 0.2) is 18.2 Å². The molecule has 0 bridgehead atoms. The number of amides is 1. The summed E-state index contributed by atoms with van der Waals surface area (Å²) in [6, 6.07) is 6.18. The van der Waals surface area contributed by atoms with E-state index in [9.17, 15) is 4.79 Å². The first kappa shape index (κ1) is 11.9. The zero-order valence-corrected chi connectivity index (χ0v) is 10.3. The molecular weight excluding hydrogens is 216 g/mol. The highest BCUT2D eigenvalue weighted by molar-refractivity contribution is 5.75. The Kier molecular flexibility index (Phi) is 3.64. The molecule has 0 aromatic heterocycles. The van der Waals surface area contributed by atoms with Crippen molar-refractivity contribution in [1.29, 1.82) is 0 Å². The largest absolute Gasteiger partial charge is 0.493 e. The van der Waals surface area contributed by atoms with E-state index in [1.807, 2.05) is 26.2 Å². The van der Waals surface area contributed by atoms with Crippen LogP contribution in [-0.4, -0.2) is 31.6 Å². The highest BCUT2D eigenvalue weighted by atomic mass is 16.5. The number of hydrogen-bond acceptors (Lipinski definition) is 3. The fourth-order valence-corrected chi connectivity index (χ4v) is 1.96. The van der Waals surface area contributed by atoms with Crippen molar-refractivity contribution in [1.82, 2.24) is 10.4 Å². The second-order valence-electron chi connectivity index (χ2n) is 4.47. The summed E-state index contributed by atoms with van der Waals surface area (Å²) in [6.07, 6.45) is 2.26. The zero-order chi connectivity index (χ0) is 12.3. The SMILES string of the molecule is CN(C)NC(=O)CCc1ccc2c(c1)CCO2. The number of fused-ring (bicyclic) bond motifs is 1. The van der Waals surface area contributed by atoms with Gasteiger partial charge in [0.25, 0.3) is 0 Å². The summed E-state index contributed by atoms with van der Waals surface area (Å²) in [7, 11) is 3.62. The van der Waals surface area contributed by atoms with Gasteiger partial charge in [-0.15, -0.1) is 0 Å². The average Bonchev–Trinajstić information content (AvgIpc) is 2.72. The summed E-state index contributed by atoms with van der Waals surface area (Å²) in [5.41, 5.74) is 5.19. The van der Waals surface area contributed by atoms with Crippen molar-refractivity contribution in [2.24, 2.45) is 0 Å². The monoisotopic (exact) mass is 234 g/mol. The highest BCUT2D eigenvalue weighted by Crippen LogP contribution is 2.26. The van der Waals surface area contributed by atoms with E-state index in [4.69, 9.17) is 4.74 Å². The van der Waals surface area contributed by atoms with E-state index < -0.39 is 0 Å². The van der Waals surface area contributed by atoms with Gasteiger partial charge >= 0.3 is 0 Å². The molecule has 0 atom stereocenters. The van der Waals surface area contributed by atoms with Crippen molar-refractivity contribution < 1.29 is 9.53 Å². The quantitative estimate of drug-likeness (QED) is 0.794. The van der Waals surface area contributed by atoms with Crippen LogP contribution in [0.5, 0.6) is 5.75 Å². The molecule has 1 heterocycles. The lowest BCUT2D eigenvalue weighted by Crippen LogP contribution is -2.36. The van der Waals surface area contributed by atoms with Gasteiger partial charge in [-0.2, -0.15) is 0 Å². The summed E-state index contributed by atoms with van der Waals surface area (Å²) in [4.78, 5) is 11.5. The Labute approximate surface area is 102 Å². The molecule has 0 fully saturated rings. The average molecular weight is 234 g/mol. The van der Waals surface area contributed by atoms with Crippen LogP contribution in [0.4, 0.5) is 0 Å². The third-order valence-electron chi connectivity index (χ3n) is 2.74. The number of benzene rings is 1. The standard InChI is InChI=1S/C13H18N2O2/c1-15(2)14-13(16)6-4-10-3-5-12-11(9-10)7-8-17-12/h3,5,9H,4,6-8H2,1-2H3,(H,14,16). The van der Waals surface area contributed by atoms with Gasteiger partial charge in [-0.25, -0.2) is 5.01 Å². The molecule has 0 unspecified atom stereocenters. The number of hydrogen-bond donors (Lipinski definition) is 1. The Balaban J connectivity index is 1.89. The predicted octanol–water partition coefficient (Wildman–Crippen LogP) is 1.15. The van der Waals surface area contributed by atoms with Crippen molar-refractivity contribution in [3.05, 3.63) is 29.3 Å². The fourth-order valence-electron chi connectivity index (χ4n) is 1.96. The minimum atomic E-state index is 0.0479. The number of nitrogens with one attached hydrogen (secondary N) is 1. The summed E-state index contributed by atoms with van der Waals surface area (Å²) in [5, 5.41) is 1.67. The highest BCUT2D eigenvalue weighted by Gasteiger charge is 2.12. The lowest BCUT2D eigenvalue weighted by atomic mass is 10.0. The third-order valence-corrected chi connectivity index (χ3v) is 2.74. The smallest absolute Gasteiger partial charge is 0.234 e. The second kappa shape index (κ2) is 5.19. The van der Waals surface area contributed by atoms with Crippen molar-refractivity contribution in [2.75, 3.05) is 20.7 Å². The van der Waals surface area contributed by atoms with Gasteiger partial charge in [0, 0.05) is 26.9 Å². The van der Waals surface area contributed by atoms with E-state index in [0.717, 1.165) is 25.2 Å². The normalized spacial score (nSPS) is 13.4. The number of nitrogens with zero attached hydrogens (tertiary/aromatic N) is 1. The lowest BCUT2D eigenvalue weighted by Gasteiger charge is -2.11. The number of hydrazine groups is 1. The lowest BCUT2D eigenvalue weighted by molar-refractivity contribution is -0.124. The van der Waals surface area contributed by atoms with Gasteiger partial charge in [-0.05, 0) is 23.6 Å².